The monoisotopic (exact) mass is 198 g/mol. The Morgan fingerprint density at radius 3 is 2.29 bits per heavy atom. The quantitative estimate of drug-likeness (QED) is 0.642. The first-order chi connectivity index (χ1) is 6.81. The van der Waals surface area contributed by atoms with Crippen molar-refractivity contribution < 1.29 is 0 Å². The smallest absolute Gasteiger partial charge is 0.0223 e. The molecule has 1 aliphatic rings. The van der Waals surface area contributed by atoms with Crippen LogP contribution in [0.25, 0.3) is 0 Å². The maximum absolute atomic E-state index is 3.69. The molecule has 1 atom stereocenters. The molecule has 0 heterocycles. The molecular formula is C12H26N2. The maximum Gasteiger partial charge on any atom is 0.0223 e. The highest BCUT2D eigenvalue weighted by Crippen LogP contribution is 2.32. The van der Waals surface area contributed by atoms with E-state index in [4.69, 9.17) is 0 Å². The number of nitrogens with zero attached hydrogens (tertiary/aromatic N) is 1. The van der Waals surface area contributed by atoms with E-state index in [2.05, 4.69) is 31.0 Å². The molecule has 0 aromatic rings. The second-order valence-electron chi connectivity index (χ2n) is 4.38. The van der Waals surface area contributed by atoms with E-state index in [9.17, 15) is 0 Å². The molecule has 0 spiro atoms. The van der Waals surface area contributed by atoms with Crippen LogP contribution >= 0.6 is 0 Å². The normalized spacial score (nSPS) is 18.9. The summed E-state index contributed by atoms with van der Waals surface area (Å²) in [6, 6.07) is 0.759. The molecule has 0 aromatic heterocycles. The van der Waals surface area contributed by atoms with Gasteiger partial charge in [-0.15, -0.1) is 0 Å². The average Bonchev–Trinajstić information content (AvgIpc) is 3.02. The minimum atomic E-state index is 0.759. The van der Waals surface area contributed by atoms with Crippen LogP contribution in [0, 0.1) is 5.92 Å². The molecule has 0 saturated heterocycles. The number of nitrogens with one attached hydrogen (secondary N) is 1. The van der Waals surface area contributed by atoms with Gasteiger partial charge in [0.15, 0.2) is 0 Å². The van der Waals surface area contributed by atoms with Gasteiger partial charge in [0, 0.05) is 12.6 Å². The van der Waals surface area contributed by atoms with Crippen molar-refractivity contribution in [3.05, 3.63) is 0 Å². The lowest BCUT2D eigenvalue weighted by Gasteiger charge is -2.26. The second-order valence-corrected chi connectivity index (χ2v) is 4.38. The topological polar surface area (TPSA) is 15.3 Å². The predicted molar refractivity (Wildman–Crippen MR) is 62.6 cm³/mol. The van der Waals surface area contributed by atoms with Gasteiger partial charge in [0.2, 0.25) is 0 Å². The zero-order valence-corrected chi connectivity index (χ0v) is 10.1. The third kappa shape index (κ3) is 3.97. The highest BCUT2D eigenvalue weighted by Gasteiger charge is 2.31. The van der Waals surface area contributed by atoms with Crippen molar-refractivity contribution in [2.75, 3.05) is 26.2 Å². The molecule has 1 unspecified atom stereocenters. The first-order valence-electron chi connectivity index (χ1n) is 6.27. The Labute approximate surface area is 89.1 Å². The van der Waals surface area contributed by atoms with Crippen LogP contribution < -0.4 is 5.32 Å². The highest BCUT2D eigenvalue weighted by atomic mass is 15.1. The Balaban J connectivity index is 2.26. The van der Waals surface area contributed by atoms with Crippen molar-refractivity contribution in [3.8, 4) is 0 Å². The van der Waals surface area contributed by atoms with E-state index in [1.165, 1.54) is 45.4 Å². The van der Waals surface area contributed by atoms with Gasteiger partial charge in [-0.1, -0.05) is 20.8 Å². The zero-order valence-electron chi connectivity index (χ0n) is 10.1. The van der Waals surface area contributed by atoms with Crippen LogP contribution in [0.2, 0.25) is 0 Å². The molecule has 1 rings (SSSR count). The van der Waals surface area contributed by atoms with E-state index >= 15 is 0 Å². The van der Waals surface area contributed by atoms with Gasteiger partial charge >= 0.3 is 0 Å². The Bertz CT molecular complexity index is 139. The molecule has 1 fully saturated rings. The Kier molecular flexibility index (Phi) is 5.49. The van der Waals surface area contributed by atoms with Gasteiger partial charge in [0.1, 0.15) is 0 Å². The summed E-state index contributed by atoms with van der Waals surface area (Å²) < 4.78 is 0. The van der Waals surface area contributed by atoms with Gasteiger partial charge in [0.05, 0.1) is 0 Å². The maximum atomic E-state index is 3.69. The molecule has 0 aromatic carbocycles. The molecule has 84 valence electrons. The standard InChI is InChI=1S/C12H26N2/c1-4-9-13-12(11-7-8-11)10-14(5-2)6-3/h11-13H,4-10H2,1-3H3. The molecule has 1 aliphatic carbocycles. The van der Waals surface area contributed by atoms with Crippen molar-refractivity contribution >= 4 is 0 Å². The minimum Gasteiger partial charge on any atom is -0.312 e. The lowest BCUT2D eigenvalue weighted by Crippen LogP contribution is -2.42. The summed E-state index contributed by atoms with van der Waals surface area (Å²) in [5.41, 5.74) is 0. The first-order valence-corrected chi connectivity index (χ1v) is 6.27. The molecule has 0 amide bonds. The van der Waals surface area contributed by atoms with E-state index in [1.54, 1.807) is 0 Å². The molecule has 0 aliphatic heterocycles. The SMILES string of the molecule is CCCNC(CN(CC)CC)C1CC1. The molecule has 0 bridgehead atoms. The van der Waals surface area contributed by atoms with Crippen LogP contribution in [-0.2, 0) is 0 Å². The lowest BCUT2D eigenvalue weighted by atomic mass is 10.1. The Morgan fingerprint density at radius 2 is 1.86 bits per heavy atom. The predicted octanol–water partition coefficient (Wildman–Crippen LogP) is 2.11. The fraction of sp³-hybridized carbons (Fsp3) is 1.00. The van der Waals surface area contributed by atoms with E-state index < -0.39 is 0 Å². The fourth-order valence-corrected chi connectivity index (χ4v) is 1.97. The van der Waals surface area contributed by atoms with Crippen LogP contribution in [0.1, 0.15) is 40.0 Å². The van der Waals surface area contributed by atoms with Crippen molar-refractivity contribution in [1.29, 1.82) is 0 Å². The van der Waals surface area contributed by atoms with Crippen molar-refractivity contribution in [3.63, 3.8) is 0 Å². The summed E-state index contributed by atoms with van der Waals surface area (Å²) in [6.07, 6.45) is 4.15. The van der Waals surface area contributed by atoms with E-state index in [1.807, 2.05) is 0 Å². The molecular weight excluding hydrogens is 172 g/mol. The van der Waals surface area contributed by atoms with Crippen LogP contribution in [0.3, 0.4) is 0 Å². The number of hydrogen-bond acceptors (Lipinski definition) is 2. The van der Waals surface area contributed by atoms with Crippen molar-refractivity contribution in [2.45, 2.75) is 46.1 Å². The molecule has 14 heavy (non-hydrogen) atoms. The Morgan fingerprint density at radius 1 is 1.21 bits per heavy atom. The van der Waals surface area contributed by atoms with Gasteiger partial charge in [-0.25, -0.2) is 0 Å². The molecule has 2 nitrogen and oxygen atoms in total. The van der Waals surface area contributed by atoms with E-state index in [0.29, 0.717) is 0 Å². The zero-order chi connectivity index (χ0) is 10.4. The molecule has 2 heteroatoms. The third-order valence-electron chi connectivity index (χ3n) is 3.20. The number of rotatable bonds is 8. The van der Waals surface area contributed by atoms with Crippen LogP contribution in [0.4, 0.5) is 0 Å². The largest absolute Gasteiger partial charge is 0.312 e. The van der Waals surface area contributed by atoms with Crippen LogP contribution in [-0.4, -0.2) is 37.1 Å². The second kappa shape index (κ2) is 6.41. The lowest BCUT2D eigenvalue weighted by molar-refractivity contribution is 0.251. The van der Waals surface area contributed by atoms with Crippen molar-refractivity contribution in [2.24, 2.45) is 5.92 Å². The van der Waals surface area contributed by atoms with E-state index in [-0.39, 0.29) is 0 Å². The fourth-order valence-electron chi connectivity index (χ4n) is 1.97. The van der Waals surface area contributed by atoms with Crippen LogP contribution in [0.15, 0.2) is 0 Å². The highest BCUT2D eigenvalue weighted by molar-refractivity contribution is 4.88. The number of likely N-dealkylation sites (N-methyl/N-ethyl adjacent to an activating group) is 1. The molecule has 1 saturated carbocycles. The summed E-state index contributed by atoms with van der Waals surface area (Å²) in [5, 5.41) is 3.69. The van der Waals surface area contributed by atoms with Gasteiger partial charge in [-0.05, 0) is 44.8 Å². The van der Waals surface area contributed by atoms with E-state index in [0.717, 1.165) is 12.0 Å². The minimum absolute atomic E-state index is 0.759. The van der Waals surface area contributed by atoms with Gasteiger partial charge in [-0.2, -0.15) is 0 Å². The van der Waals surface area contributed by atoms with Gasteiger partial charge < -0.3 is 10.2 Å². The number of hydrogen-bond donors (Lipinski definition) is 1. The van der Waals surface area contributed by atoms with Gasteiger partial charge in [0.25, 0.3) is 0 Å². The average molecular weight is 198 g/mol. The molecule has 0 radical (unpaired) electrons. The molecule has 1 N–H and O–H groups in total. The summed E-state index contributed by atoms with van der Waals surface area (Å²) in [5.74, 6) is 0.974. The summed E-state index contributed by atoms with van der Waals surface area (Å²) in [7, 11) is 0. The summed E-state index contributed by atoms with van der Waals surface area (Å²) in [4.78, 5) is 2.53. The first kappa shape index (κ1) is 12.0. The Hall–Kier alpha value is -0.0800. The summed E-state index contributed by atoms with van der Waals surface area (Å²) in [6.45, 7) is 11.6. The van der Waals surface area contributed by atoms with Crippen molar-refractivity contribution in [1.82, 2.24) is 10.2 Å². The van der Waals surface area contributed by atoms with Crippen LogP contribution in [0.5, 0.6) is 0 Å². The summed E-state index contributed by atoms with van der Waals surface area (Å²) >= 11 is 0. The van der Waals surface area contributed by atoms with Gasteiger partial charge in [-0.3, -0.25) is 0 Å². The third-order valence-corrected chi connectivity index (χ3v) is 3.20.